The van der Waals surface area contributed by atoms with Gasteiger partial charge in [0, 0.05) is 32.1 Å². The van der Waals surface area contributed by atoms with Gasteiger partial charge in [-0.25, -0.2) is 4.68 Å². The summed E-state index contributed by atoms with van der Waals surface area (Å²) in [6.07, 6.45) is 0. The van der Waals surface area contributed by atoms with Crippen LogP contribution in [0.5, 0.6) is 0 Å². The van der Waals surface area contributed by atoms with Crippen molar-refractivity contribution in [1.29, 1.82) is 0 Å². The zero-order valence-corrected chi connectivity index (χ0v) is 16.6. The van der Waals surface area contributed by atoms with Crippen molar-refractivity contribution in [2.24, 2.45) is 7.05 Å². The number of ether oxygens (including phenoxy) is 1. The topological polar surface area (TPSA) is 89.6 Å². The SMILES string of the molecule is Cc1ccc([C@H](CNC(=O)c2nn(C)c(=O)c3ccccc23)N2CCOCC2)o1. The van der Waals surface area contributed by atoms with Crippen LogP contribution in [0, 0.1) is 6.92 Å². The van der Waals surface area contributed by atoms with Gasteiger partial charge in [-0.1, -0.05) is 18.2 Å². The summed E-state index contributed by atoms with van der Waals surface area (Å²) in [6, 6.07) is 10.8. The molecule has 0 saturated carbocycles. The number of rotatable bonds is 5. The number of morpholine rings is 1. The monoisotopic (exact) mass is 396 g/mol. The molecule has 3 aromatic rings. The minimum Gasteiger partial charge on any atom is -0.465 e. The van der Waals surface area contributed by atoms with Gasteiger partial charge in [-0.05, 0) is 25.1 Å². The van der Waals surface area contributed by atoms with Crippen molar-refractivity contribution in [2.45, 2.75) is 13.0 Å². The van der Waals surface area contributed by atoms with Gasteiger partial charge < -0.3 is 14.5 Å². The molecule has 1 aliphatic rings. The Morgan fingerprint density at radius 3 is 2.59 bits per heavy atom. The van der Waals surface area contributed by atoms with Gasteiger partial charge in [-0.15, -0.1) is 0 Å². The molecule has 0 aliphatic carbocycles. The first kappa shape index (κ1) is 19.4. The number of furan rings is 1. The summed E-state index contributed by atoms with van der Waals surface area (Å²) in [5.41, 5.74) is 0.00783. The number of hydrogen-bond acceptors (Lipinski definition) is 6. The number of aryl methyl sites for hydroxylation is 2. The zero-order valence-electron chi connectivity index (χ0n) is 16.6. The van der Waals surface area contributed by atoms with Crippen LogP contribution in [0.4, 0.5) is 0 Å². The lowest BCUT2D eigenvalue weighted by atomic mass is 10.1. The number of fused-ring (bicyclic) bond motifs is 1. The highest BCUT2D eigenvalue weighted by Crippen LogP contribution is 2.23. The lowest BCUT2D eigenvalue weighted by Gasteiger charge is -2.33. The fourth-order valence-electron chi connectivity index (χ4n) is 3.67. The van der Waals surface area contributed by atoms with E-state index in [9.17, 15) is 9.59 Å². The van der Waals surface area contributed by atoms with Gasteiger partial charge in [0.15, 0.2) is 5.69 Å². The standard InChI is InChI=1S/C21H24N4O4/c1-14-7-8-18(29-14)17(25-9-11-28-12-10-25)13-22-20(26)19-15-5-3-4-6-16(15)21(27)24(2)23-19/h3-8,17H,9-13H2,1-2H3,(H,22,26)/t17-/m0/s1. The Morgan fingerprint density at radius 1 is 1.17 bits per heavy atom. The van der Waals surface area contributed by atoms with E-state index in [4.69, 9.17) is 9.15 Å². The van der Waals surface area contributed by atoms with Gasteiger partial charge >= 0.3 is 0 Å². The Hall–Kier alpha value is -2.97. The normalized spacial score (nSPS) is 16.1. The smallest absolute Gasteiger partial charge is 0.274 e. The zero-order chi connectivity index (χ0) is 20.4. The summed E-state index contributed by atoms with van der Waals surface area (Å²) in [7, 11) is 1.55. The average molecular weight is 396 g/mol. The minimum absolute atomic E-state index is 0.102. The summed E-state index contributed by atoms with van der Waals surface area (Å²) < 4.78 is 12.5. The molecule has 1 N–H and O–H groups in total. The van der Waals surface area contributed by atoms with Gasteiger partial charge in [0.1, 0.15) is 11.5 Å². The summed E-state index contributed by atoms with van der Waals surface area (Å²) >= 11 is 0. The quantitative estimate of drug-likeness (QED) is 0.705. The predicted molar refractivity (Wildman–Crippen MR) is 108 cm³/mol. The van der Waals surface area contributed by atoms with Crippen molar-refractivity contribution >= 4 is 16.7 Å². The number of carbonyl (C=O) groups excluding carboxylic acids is 1. The van der Waals surface area contributed by atoms with Crippen LogP contribution in [0.2, 0.25) is 0 Å². The third-order valence-corrected chi connectivity index (χ3v) is 5.20. The fourth-order valence-corrected chi connectivity index (χ4v) is 3.67. The van der Waals surface area contributed by atoms with Gasteiger partial charge in [0.05, 0.1) is 24.6 Å². The summed E-state index contributed by atoms with van der Waals surface area (Å²) in [5.74, 6) is 1.32. The van der Waals surface area contributed by atoms with E-state index in [-0.39, 0.29) is 23.2 Å². The van der Waals surface area contributed by atoms with E-state index in [1.165, 1.54) is 4.68 Å². The molecule has 1 aromatic carbocycles. The van der Waals surface area contributed by atoms with Crippen LogP contribution in [0.3, 0.4) is 0 Å². The third-order valence-electron chi connectivity index (χ3n) is 5.20. The summed E-state index contributed by atoms with van der Waals surface area (Å²) in [4.78, 5) is 27.5. The Morgan fingerprint density at radius 2 is 1.90 bits per heavy atom. The molecule has 0 unspecified atom stereocenters. The first-order valence-corrected chi connectivity index (χ1v) is 9.67. The molecule has 2 aromatic heterocycles. The van der Waals surface area contributed by atoms with Crippen molar-refractivity contribution in [1.82, 2.24) is 20.0 Å². The molecule has 0 radical (unpaired) electrons. The molecule has 29 heavy (non-hydrogen) atoms. The van der Waals surface area contributed by atoms with Crippen molar-refractivity contribution in [3.63, 3.8) is 0 Å². The van der Waals surface area contributed by atoms with Gasteiger partial charge in [0.2, 0.25) is 0 Å². The van der Waals surface area contributed by atoms with E-state index in [0.717, 1.165) is 24.6 Å². The average Bonchev–Trinajstić information content (AvgIpc) is 3.17. The van der Waals surface area contributed by atoms with E-state index in [0.29, 0.717) is 30.5 Å². The largest absolute Gasteiger partial charge is 0.465 e. The Labute approximate surface area is 168 Å². The minimum atomic E-state index is -0.321. The van der Waals surface area contributed by atoms with E-state index in [1.807, 2.05) is 19.1 Å². The Balaban J connectivity index is 1.59. The van der Waals surface area contributed by atoms with Crippen molar-refractivity contribution < 1.29 is 13.9 Å². The third kappa shape index (κ3) is 3.94. The molecular weight excluding hydrogens is 372 g/mol. The van der Waals surface area contributed by atoms with Crippen molar-refractivity contribution in [3.8, 4) is 0 Å². The number of hydrogen-bond donors (Lipinski definition) is 1. The molecule has 152 valence electrons. The number of nitrogens with one attached hydrogen (secondary N) is 1. The number of nitrogens with zero attached hydrogens (tertiary/aromatic N) is 3. The molecule has 1 atom stereocenters. The Bertz CT molecular complexity index is 1080. The van der Waals surface area contributed by atoms with E-state index >= 15 is 0 Å². The van der Waals surface area contributed by atoms with Crippen LogP contribution in [0.25, 0.3) is 10.8 Å². The highest BCUT2D eigenvalue weighted by atomic mass is 16.5. The molecule has 1 aliphatic heterocycles. The summed E-state index contributed by atoms with van der Waals surface area (Å²) in [5, 5.41) is 8.21. The van der Waals surface area contributed by atoms with Crippen LogP contribution in [-0.2, 0) is 11.8 Å². The maximum absolute atomic E-state index is 13.0. The molecule has 1 amide bonds. The van der Waals surface area contributed by atoms with E-state index < -0.39 is 0 Å². The van der Waals surface area contributed by atoms with Crippen molar-refractivity contribution in [3.05, 3.63) is 64.0 Å². The second kappa shape index (κ2) is 8.18. The molecule has 0 spiro atoms. The highest BCUT2D eigenvalue weighted by molar-refractivity contribution is 6.04. The fraction of sp³-hybridized carbons (Fsp3) is 0.381. The lowest BCUT2D eigenvalue weighted by Crippen LogP contribution is -2.44. The lowest BCUT2D eigenvalue weighted by molar-refractivity contribution is 0.0117. The maximum Gasteiger partial charge on any atom is 0.274 e. The molecule has 0 bridgehead atoms. The molecule has 8 nitrogen and oxygen atoms in total. The summed E-state index contributed by atoms with van der Waals surface area (Å²) in [6.45, 7) is 5.10. The second-order valence-corrected chi connectivity index (χ2v) is 7.15. The number of aromatic nitrogens is 2. The number of benzene rings is 1. The second-order valence-electron chi connectivity index (χ2n) is 7.15. The molecule has 1 saturated heterocycles. The first-order chi connectivity index (χ1) is 14.0. The number of carbonyl (C=O) groups is 1. The molecule has 3 heterocycles. The first-order valence-electron chi connectivity index (χ1n) is 9.67. The number of amides is 1. The van der Waals surface area contributed by atoms with Crippen LogP contribution in [-0.4, -0.2) is 53.4 Å². The molecular formula is C21H24N4O4. The van der Waals surface area contributed by atoms with Crippen LogP contribution in [0.1, 0.15) is 28.1 Å². The van der Waals surface area contributed by atoms with Gasteiger partial charge in [-0.2, -0.15) is 5.10 Å². The predicted octanol–water partition coefficient (Wildman–Crippen LogP) is 1.64. The molecule has 1 fully saturated rings. The van der Waals surface area contributed by atoms with E-state index in [1.54, 1.807) is 31.3 Å². The van der Waals surface area contributed by atoms with Crippen LogP contribution < -0.4 is 10.9 Å². The van der Waals surface area contributed by atoms with Gasteiger partial charge in [-0.3, -0.25) is 14.5 Å². The molecule has 4 rings (SSSR count). The maximum atomic E-state index is 13.0. The van der Waals surface area contributed by atoms with E-state index in [2.05, 4.69) is 15.3 Å². The van der Waals surface area contributed by atoms with Crippen LogP contribution >= 0.6 is 0 Å². The van der Waals surface area contributed by atoms with Crippen molar-refractivity contribution in [2.75, 3.05) is 32.8 Å². The molecule has 8 heteroatoms. The highest BCUT2D eigenvalue weighted by Gasteiger charge is 2.26. The Kier molecular flexibility index (Phi) is 5.46. The van der Waals surface area contributed by atoms with Crippen LogP contribution in [0.15, 0.2) is 45.6 Å². The van der Waals surface area contributed by atoms with Gasteiger partial charge in [0.25, 0.3) is 11.5 Å².